The first-order valence-corrected chi connectivity index (χ1v) is 9.64. The van der Waals surface area contributed by atoms with Gasteiger partial charge in [0.2, 0.25) is 5.82 Å². The summed E-state index contributed by atoms with van der Waals surface area (Å²) in [5.41, 5.74) is 1.68. The van der Waals surface area contributed by atoms with E-state index in [1.807, 2.05) is 67.6 Å². The number of carboxylic acids is 1. The van der Waals surface area contributed by atoms with Gasteiger partial charge in [-0.2, -0.15) is 0 Å². The van der Waals surface area contributed by atoms with Gasteiger partial charge in [-0.1, -0.05) is 55.5 Å². The standard InChI is InChI=1S/C22H22N4O3/c1-15-14-25(13-12-18(15)22(28)29)21(27)19-23-20(16-8-4-2-5-9-16)26(24-19)17-10-6-3-7-11-17/h2-11,15,18H,12-14H2,1H3,(H,28,29). The number of hydrogen-bond acceptors (Lipinski definition) is 4. The maximum absolute atomic E-state index is 13.1. The van der Waals surface area contributed by atoms with Crippen LogP contribution in [0.1, 0.15) is 24.0 Å². The number of amides is 1. The highest BCUT2D eigenvalue weighted by Crippen LogP contribution is 2.26. The van der Waals surface area contributed by atoms with Gasteiger partial charge in [-0.05, 0) is 24.5 Å². The highest BCUT2D eigenvalue weighted by atomic mass is 16.4. The third-order valence-corrected chi connectivity index (χ3v) is 5.34. The lowest BCUT2D eigenvalue weighted by molar-refractivity contribution is -0.145. The van der Waals surface area contributed by atoms with Gasteiger partial charge in [-0.3, -0.25) is 9.59 Å². The zero-order valence-electron chi connectivity index (χ0n) is 16.1. The number of piperidine rings is 1. The first-order valence-electron chi connectivity index (χ1n) is 9.64. The number of aliphatic carboxylic acids is 1. The molecule has 1 aromatic heterocycles. The third kappa shape index (κ3) is 3.76. The maximum Gasteiger partial charge on any atom is 0.306 e. The molecule has 0 radical (unpaired) electrons. The molecule has 2 atom stereocenters. The average molecular weight is 390 g/mol. The summed E-state index contributed by atoms with van der Waals surface area (Å²) < 4.78 is 1.68. The Morgan fingerprint density at radius 3 is 2.31 bits per heavy atom. The SMILES string of the molecule is CC1CN(C(=O)c2nc(-c3ccccc3)n(-c3ccccc3)n2)CCC1C(=O)O. The maximum atomic E-state index is 13.1. The number of carboxylic acid groups (broad SMARTS) is 1. The number of hydrogen-bond donors (Lipinski definition) is 1. The van der Waals surface area contributed by atoms with Gasteiger partial charge in [0.15, 0.2) is 5.82 Å². The Balaban J connectivity index is 1.67. The molecule has 29 heavy (non-hydrogen) atoms. The van der Waals surface area contributed by atoms with Crippen molar-refractivity contribution >= 4 is 11.9 Å². The minimum absolute atomic E-state index is 0.116. The fourth-order valence-electron chi connectivity index (χ4n) is 3.76. The largest absolute Gasteiger partial charge is 0.481 e. The molecular formula is C22H22N4O3. The van der Waals surface area contributed by atoms with E-state index in [4.69, 9.17) is 0 Å². The van der Waals surface area contributed by atoms with Crippen LogP contribution in [0.5, 0.6) is 0 Å². The van der Waals surface area contributed by atoms with Crippen LogP contribution < -0.4 is 0 Å². The molecule has 0 aliphatic carbocycles. The third-order valence-electron chi connectivity index (χ3n) is 5.34. The summed E-state index contributed by atoms with van der Waals surface area (Å²) in [5.74, 6) is -0.902. The van der Waals surface area contributed by atoms with Crippen LogP contribution in [0.2, 0.25) is 0 Å². The van der Waals surface area contributed by atoms with Gasteiger partial charge >= 0.3 is 5.97 Å². The minimum Gasteiger partial charge on any atom is -0.481 e. The number of nitrogens with zero attached hydrogens (tertiary/aromatic N) is 4. The van der Waals surface area contributed by atoms with Crippen molar-refractivity contribution in [1.29, 1.82) is 0 Å². The van der Waals surface area contributed by atoms with Gasteiger partial charge in [0.1, 0.15) is 0 Å². The van der Waals surface area contributed by atoms with Crippen molar-refractivity contribution in [2.75, 3.05) is 13.1 Å². The van der Waals surface area contributed by atoms with E-state index in [9.17, 15) is 14.7 Å². The van der Waals surface area contributed by atoms with Crippen LogP contribution in [0.25, 0.3) is 17.1 Å². The van der Waals surface area contributed by atoms with Gasteiger partial charge < -0.3 is 10.0 Å². The monoisotopic (exact) mass is 390 g/mol. The highest BCUT2D eigenvalue weighted by molar-refractivity contribution is 5.91. The van der Waals surface area contributed by atoms with Gasteiger partial charge in [0.05, 0.1) is 11.6 Å². The molecule has 1 aliphatic rings. The molecule has 1 N–H and O–H groups in total. The van der Waals surface area contributed by atoms with Gasteiger partial charge in [0.25, 0.3) is 5.91 Å². The van der Waals surface area contributed by atoms with E-state index in [1.165, 1.54) is 0 Å². The topological polar surface area (TPSA) is 88.3 Å². The van der Waals surface area contributed by atoms with Gasteiger partial charge in [-0.25, -0.2) is 9.67 Å². The normalized spacial score (nSPS) is 19.1. The molecule has 4 rings (SSSR count). The Bertz CT molecular complexity index is 960. The molecule has 2 aromatic carbocycles. The molecule has 1 amide bonds. The number of carbonyl (C=O) groups excluding carboxylic acids is 1. The second-order valence-corrected chi connectivity index (χ2v) is 7.33. The number of aromatic nitrogens is 3. The van der Waals surface area contributed by atoms with E-state index in [-0.39, 0.29) is 17.6 Å². The molecule has 7 nitrogen and oxygen atoms in total. The zero-order valence-corrected chi connectivity index (χ0v) is 16.1. The Hall–Kier alpha value is -3.48. The molecular weight excluding hydrogens is 368 g/mol. The van der Waals surface area contributed by atoms with E-state index in [0.717, 1.165) is 11.3 Å². The average Bonchev–Trinajstić information content (AvgIpc) is 3.19. The number of carbonyl (C=O) groups is 2. The van der Waals surface area contributed by atoms with E-state index in [0.29, 0.717) is 25.3 Å². The number of benzene rings is 2. The smallest absolute Gasteiger partial charge is 0.306 e. The fraction of sp³-hybridized carbons (Fsp3) is 0.273. The van der Waals surface area contributed by atoms with Crippen LogP contribution in [-0.4, -0.2) is 49.7 Å². The minimum atomic E-state index is -0.803. The van der Waals surface area contributed by atoms with Crippen molar-refractivity contribution < 1.29 is 14.7 Å². The molecule has 1 fully saturated rings. The van der Waals surface area contributed by atoms with E-state index >= 15 is 0 Å². The second-order valence-electron chi connectivity index (χ2n) is 7.33. The molecule has 0 spiro atoms. The highest BCUT2D eigenvalue weighted by Gasteiger charge is 2.34. The van der Waals surface area contributed by atoms with Crippen LogP contribution in [0, 0.1) is 11.8 Å². The molecule has 148 valence electrons. The quantitative estimate of drug-likeness (QED) is 0.739. The number of likely N-dealkylation sites (tertiary alicyclic amines) is 1. The van der Waals surface area contributed by atoms with Crippen molar-refractivity contribution in [3.63, 3.8) is 0 Å². The van der Waals surface area contributed by atoms with Crippen LogP contribution in [-0.2, 0) is 4.79 Å². The van der Waals surface area contributed by atoms with Gasteiger partial charge in [0, 0.05) is 18.7 Å². The van der Waals surface area contributed by atoms with Crippen molar-refractivity contribution in [1.82, 2.24) is 19.7 Å². The van der Waals surface area contributed by atoms with Crippen molar-refractivity contribution in [2.45, 2.75) is 13.3 Å². The summed E-state index contributed by atoms with van der Waals surface area (Å²) in [5, 5.41) is 13.8. The van der Waals surface area contributed by atoms with Gasteiger partial charge in [-0.15, -0.1) is 5.10 Å². The molecule has 2 unspecified atom stereocenters. The summed E-state index contributed by atoms with van der Waals surface area (Å²) in [4.78, 5) is 30.6. The molecule has 0 bridgehead atoms. The fourth-order valence-corrected chi connectivity index (χ4v) is 3.76. The molecule has 0 saturated carbocycles. The van der Waals surface area contributed by atoms with Crippen LogP contribution in [0.3, 0.4) is 0 Å². The van der Waals surface area contributed by atoms with Crippen LogP contribution in [0.4, 0.5) is 0 Å². The summed E-state index contributed by atoms with van der Waals surface area (Å²) in [7, 11) is 0. The van der Waals surface area contributed by atoms with Crippen molar-refractivity contribution in [3.05, 3.63) is 66.5 Å². The summed E-state index contributed by atoms with van der Waals surface area (Å²) in [6.07, 6.45) is 0.438. The van der Waals surface area contributed by atoms with E-state index in [1.54, 1.807) is 9.58 Å². The number of para-hydroxylation sites is 1. The Morgan fingerprint density at radius 1 is 1.03 bits per heavy atom. The lowest BCUT2D eigenvalue weighted by atomic mass is 9.87. The summed E-state index contributed by atoms with van der Waals surface area (Å²) >= 11 is 0. The number of rotatable bonds is 4. The van der Waals surface area contributed by atoms with E-state index < -0.39 is 11.9 Å². The predicted molar refractivity (Wildman–Crippen MR) is 108 cm³/mol. The predicted octanol–water partition coefficient (Wildman–Crippen LogP) is 3.12. The van der Waals surface area contributed by atoms with Crippen molar-refractivity contribution in [3.8, 4) is 17.1 Å². The zero-order chi connectivity index (χ0) is 20.4. The lowest BCUT2D eigenvalue weighted by Crippen LogP contribution is -2.45. The van der Waals surface area contributed by atoms with Crippen LogP contribution in [0.15, 0.2) is 60.7 Å². The Morgan fingerprint density at radius 2 is 1.69 bits per heavy atom. The summed E-state index contributed by atoms with van der Waals surface area (Å²) in [6, 6.07) is 19.2. The van der Waals surface area contributed by atoms with E-state index in [2.05, 4.69) is 10.1 Å². The molecule has 2 heterocycles. The summed E-state index contributed by atoms with van der Waals surface area (Å²) in [6.45, 7) is 2.64. The van der Waals surface area contributed by atoms with Crippen molar-refractivity contribution in [2.24, 2.45) is 11.8 Å². The Labute approximate surface area is 168 Å². The lowest BCUT2D eigenvalue weighted by Gasteiger charge is -2.34. The first-order chi connectivity index (χ1) is 14.0. The molecule has 1 aliphatic heterocycles. The van der Waals surface area contributed by atoms with Crippen LogP contribution >= 0.6 is 0 Å². The molecule has 1 saturated heterocycles. The Kier molecular flexibility index (Phi) is 5.12. The first kappa shape index (κ1) is 18.9. The molecule has 3 aromatic rings. The second kappa shape index (κ2) is 7.87. The molecule has 7 heteroatoms.